The van der Waals surface area contributed by atoms with Crippen LogP contribution in [-0.2, 0) is 12.7 Å². The zero-order valence-electron chi connectivity index (χ0n) is 10.3. The Bertz CT molecular complexity index is 545. The number of hydrogen-bond acceptors (Lipinski definition) is 2. The average molecular weight is 274 g/mol. The maximum Gasteiger partial charge on any atom is 0.420 e. The van der Waals surface area contributed by atoms with E-state index in [1.807, 2.05) is 0 Å². The van der Waals surface area contributed by atoms with Crippen LogP contribution < -0.4 is 0 Å². The lowest BCUT2D eigenvalue weighted by Crippen LogP contribution is -2.54. The van der Waals surface area contributed by atoms with Crippen LogP contribution in [0.3, 0.4) is 0 Å². The van der Waals surface area contributed by atoms with E-state index in [-0.39, 0.29) is 17.7 Å². The van der Waals surface area contributed by atoms with E-state index in [2.05, 4.69) is 5.10 Å². The molecule has 1 aromatic rings. The second-order valence-electron chi connectivity index (χ2n) is 5.75. The molecule has 1 N–H and O–H groups in total. The third kappa shape index (κ3) is 1.74. The van der Waals surface area contributed by atoms with Gasteiger partial charge in [-0.05, 0) is 37.5 Å². The van der Waals surface area contributed by atoms with Gasteiger partial charge < -0.3 is 5.11 Å². The molecular weight excluding hydrogens is 261 g/mol. The van der Waals surface area contributed by atoms with Crippen molar-refractivity contribution in [1.82, 2.24) is 9.78 Å². The van der Waals surface area contributed by atoms with Crippen molar-refractivity contribution in [2.24, 2.45) is 11.3 Å². The average Bonchev–Trinajstić information content (AvgIpc) is 2.46. The molecule has 4 rings (SSSR count). The number of rotatable bonds is 3. The molecule has 3 saturated carbocycles. The van der Waals surface area contributed by atoms with Crippen molar-refractivity contribution in [3.63, 3.8) is 0 Å². The molecule has 0 unspecified atom stereocenters. The molecule has 104 valence electrons. The van der Waals surface area contributed by atoms with Gasteiger partial charge in [0, 0.05) is 6.54 Å². The van der Waals surface area contributed by atoms with E-state index < -0.39 is 23.4 Å². The van der Waals surface area contributed by atoms with Crippen molar-refractivity contribution in [2.75, 3.05) is 0 Å². The van der Waals surface area contributed by atoms with Crippen molar-refractivity contribution < 1.29 is 23.1 Å². The first-order chi connectivity index (χ1) is 8.72. The predicted molar refractivity (Wildman–Crippen MR) is 58.7 cm³/mol. The number of aromatic nitrogens is 2. The van der Waals surface area contributed by atoms with Crippen LogP contribution in [0, 0.1) is 18.3 Å². The minimum atomic E-state index is -4.69. The van der Waals surface area contributed by atoms with Gasteiger partial charge >= 0.3 is 12.1 Å². The van der Waals surface area contributed by atoms with Crippen LogP contribution in [0.4, 0.5) is 13.2 Å². The van der Waals surface area contributed by atoms with Gasteiger partial charge in [0.15, 0.2) is 5.69 Å². The van der Waals surface area contributed by atoms with Crippen LogP contribution in [0.15, 0.2) is 0 Å². The molecule has 2 bridgehead atoms. The Morgan fingerprint density at radius 2 is 2.05 bits per heavy atom. The molecule has 0 radical (unpaired) electrons. The number of aromatic carboxylic acids is 1. The van der Waals surface area contributed by atoms with Gasteiger partial charge in [0.2, 0.25) is 0 Å². The van der Waals surface area contributed by atoms with E-state index >= 15 is 0 Å². The zero-order chi connectivity index (χ0) is 14.0. The minimum Gasteiger partial charge on any atom is -0.477 e. The Balaban J connectivity index is 2.01. The highest BCUT2D eigenvalue weighted by molar-refractivity contribution is 5.88. The number of carboxylic acids is 1. The number of carbonyl (C=O) groups is 1. The number of halogens is 3. The second kappa shape index (κ2) is 3.52. The summed E-state index contributed by atoms with van der Waals surface area (Å²) in [6.07, 6.45) is -1.75. The van der Waals surface area contributed by atoms with Crippen LogP contribution >= 0.6 is 0 Å². The van der Waals surface area contributed by atoms with Crippen LogP contribution in [0.2, 0.25) is 0 Å². The van der Waals surface area contributed by atoms with Crippen molar-refractivity contribution in [3.8, 4) is 0 Å². The molecule has 1 heterocycles. The summed E-state index contributed by atoms with van der Waals surface area (Å²) in [5, 5.41) is 12.9. The summed E-state index contributed by atoms with van der Waals surface area (Å²) in [5.74, 6) is -0.883. The molecule has 4 nitrogen and oxygen atoms in total. The Morgan fingerprint density at radius 3 is 2.42 bits per heavy atom. The summed E-state index contributed by atoms with van der Waals surface area (Å²) in [6, 6.07) is 0. The molecule has 3 fully saturated rings. The summed E-state index contributed by atoms with van der Waals surface area (Å²) < 4.78 is 39.8. The van der Waals surface area contributed by atoms with Gasteiger partial charge in [-0.15, -0.1) is 0 Å². The van der Waals surface area contributed by atoms with E-state index in [9.17, 15) is 18.0 Å². The summed E-state index contributed by atoms with van der Waals surface area (Å²) in [7, 11) is 0. The maximum absolute atomic E-state index is 12.9. The molecule has 7 heteroatoms. The fourth-order valence-corrected chi connectivity index (χ4v) is 3.42. The number of nitrogens with zero attached hydrogens (tertiary/aromatic N) is 2. The number of alkyl halides is 3. The molecular formula is C12H13F3N2O2. The van der Waals surface area contributed by atoms with Crippen LogP contribution in [-0.4, -0.2) is 20.9 Å². The van der Waals surface area contributed by atoms with Gasteiger partial charge in [0.25, 0.3) is 0 Å². The smallest absolute Gasteiger partial charge is 0.420 e. The highest BCUT2D eigenvalue weighted by Crippen LogP contribution is 2.65. The van der Waals surface area contributed by atoms with Gasteiger partial charge in [0.05, 0.1) is 5.69 Å². The Hall–Kier alpha value is -1.53. The highest BCUT2D eigenvalue weighted by atomic mass is 19.4. The van der Waals surface area contributed by atoms with Crippen molar-refractivity contribution in [2.45, 2.75) is 38.9 Å². The highest BCUT2D eigenvalue weighted by Gasteiger charge is 2.57. The van der Waals surface area contributed by atoms with Crippen LogP contribution in [0.1, 0.15) is 41.0 Å². The molecule has 0 aliphatic heterocycles. The van der Waals surface area contributed by atoms with Crippen molar-refractivity contribution in [3.05, 3.63) is 17.0 Å². The molecule has 0 amide bonds. The van der Waals surface area contributed by atoms with E-state index in [0.29, 0.717) is 5.92 Å². The quantitative estimate of drug-likeness (QED) is 0.922. The maximum atomic E-state index is 12.9. The summed E-state index contributed by atoms with van der Waals surface area (Å²) in [6.45, 7) is 1.48. The van der Waals surface area contributed by atoms with Crippen LogP contribution in [0.25, 0.3) is 0 Å². The zero-order valence-corrected chi connectivity index (χ0v) is 10.3. The Labute approximate surface area is 107 Å². The number of hydrogen-bond donors (Lipinski definition) is 1. The molecule has 0 aromatic carbocycles. The first-order valence-electron chi connectivity index (χ1n) is 6.10. The summed E-state index contributed by atoms with van der Waals surface area (Å²) >= 11 is 0. The lowest BCUT2D eigenvalue weighted by atomic mass is 9.44. The van der Waals surface area contributed by atoms with E-state index in [4.69, 9.17) is 5.11 Å². The minimum absolute atomic E-state index is 0.00377. The predicted octanol–water partition coefficient (Wildman–Crippen LogP) is 2.71. The monoisotopic (exact) mass is 274 g/mol. The van der Waals surface area contributed by atoms with Crippen molar-refractivity contribution in [1.29, 1.82) is 0 Å². The molecule has 0 spiro atoms. The lowest BCUT2D eigenvalue weighted by Gasteiger charge is -2.61. The van der Waals surface area contributed by atoms with Crippen LogP contribution in [0.5, 0.6) is 0 Å². The third-order valence-corrected chi connectivity index (χ3v) is 4.26. The van der Waals surface area contributed by atoms with Gasteiger partial charge in [-0.25, -0.2) is 4.79 Å². The summed E-state index contributed by atoms with van der Waals surface area (Å²) in [5.41, 5.74) is -2.12. The lowest BCUT2D eigenvalue weighted by molar-refractivity contribution is -0.139. The first kappa shape index (κ1) is 12.5. The van der Waals surface area contributed by atoms with E-state index in [0.717, 1.165) is 23.9 Å². The molecule has 3 aliphatic carbocycles. The largest absolute Gasteiger partial charge is 0.477 e. The third-order valence-electron chi connectivity index (χ3n) is 4.26. The summed E-state index contributed by atoms with van der Waals surface area (Å²) in [4.78, 5) is 11.1. The fraction of sp³-hybridized carbons (Fsp3) is 0.667. The molecule has 19 heavy (non-hydrogen) atoms. The topological polar surface area (TPSA) is 55.1 Å². The molecule has 0 saturated heterocycles. The van der Waals surface area contributed by atoms with Gasteiger partial charge in [0.1, 0.15) is 5.56 Å². The van der Waals surface area contributed by atoms with Crippen molar-refractivity contribution >= 4 is 5.97 Å². The standard InChI is InChI=1S/C12H13F3N2O2/c1-6-8(12(13,14)15)9(10(18)19)17(16-6)5-11-2-7(3-11)4-11/h7H,2-5H2,1H3,(H,18,19). The number of aryl methyl sites for hydroxylation is 1. The normalized spacial score (nSPS) is 28.7. The van der Waals surface area contributed by atoms with Gasteiger partial charge in [-0.2, -0.15) is 18.3 Å². The van der Waals surface area contributed by atoms with E-state index in [1.54, 1.807) is 0 Å². The Morgan fingerprint density at radius 1 is 1.47 bits per heavy atom. The molecule has 0 atom stereocenters. The molecule has 1 aromatic heterocycles. The first-order valence-corrected chi connectivity index (χ1v) is 6.10. The number of carboxylic acid groups (broad SMARTS) is 1. The SMILES string of the molecule is Cc1nn(CC23CC(C2)C3)c(C(=O)O)c1C(F)(F)F. The second-order valence-corrected chi connectivity index (χ2v) is 5.75. The fourth-order valence-electron chi connectivity index (χ4n) is 3.42. The van der Waals surface area contributed by atoms with Gasteiger partial charge in [-0.1, -0.05) is 0 Å². The van der Waals surface area contributed by atoms with E-state index in [1.165, 1.54) is 6.92 Å². The molecule has 3 aliphatic rings. The van der Waals surface area contributed by atoms with Gasteiger partial charge in [-0.3, -0.25) is 4.68 Å². The Kier molecular flexibility index (Phi) is 2.32.